The molecule has 8 heteroatoms. The van der Waals surface area contributed by atoms with Crippen molar-refractivity contribution in [2.45, 2.75) is 31.5 Å². The first-order chi connectivity index (χ1) is 14.1. The van der Waals surface area contributed by atoms with Crippen LogP contribution < -0.4 is 10.1 Å². The number of benzene rings is 2. The third-order valence-corrected chi connectivity index (χ3v) is 4.76. The summed E-state index contributed by atoms with van der Waals surface area (Å²) in [5.41, 5.74) is 1.41. The number of esters is 1. The number of nitrogens with one attached hydrogen (secondary N) is 1. The van der Waals surface area contributed by atoms with E-state index in [-0.39, 0.29) is 12.6 Å². The Labute approximate surface area is 173 Å². The Bertz CT molecular complexity index is 875. The number of rotatable bonds is 6. The Morgan fingerprint density at radius 3 is 2.45 bits per heavy atom. The van der Waals surface area contributed by atoms with Gasteiger partial charge in [-0.2, -0.15) is 5.26 Å². The van der Waals surface area contributed by atoms with Crippen molar-refractivity contribution in [3.63, 3.8) is 0 Å². The van der Waals surface area contributed by atoms with E-state index in [1.165, 1.54) is 0 Å². The number of nitrogens with zero attached hydrogens (tertiary/aromatic N) is 2. The minimum atomic E-state index is -0.702. The lowest BCUT2D eigenvalue weighted by Crippen LogP contribution is -2.53. The van der Waals surface area contributed by atoms with Gasteiger partial charge < -0.3 is 10.1 Å². The average molecular weight is 414 g/mol. The summed E-state index contributed by atoms with van der Waals surface area (Å²) in [6.45, 7) is 0.570. The zero-order valence-corrected chi connectivity index (χ0v) is 16.3. The van der Waals surface area contributed by atoms with Crippen molar-refractivity contribution in [2.24, 2.45) is 0 Å². The molecular formula is C21H20ClN3O4. The molecule has 0 radical (unpaired) electrons. The predicted octanol–water partition coefficient (Wildman–Crippen LogP) is 3.38. The zero-order chi connectivity index (χ0) is 20.6. The van der Waals surface area contributed by atoms with E-state index in [2.05, 4.69) is 5.32 Å². The van der Waals surface area contributed by atoms with E-state index >= 15 is 0 Å². The summed E-state index contributed by atoms with van der Waals surface area (Å²) in [5, 5.41) is 12.4. The second kappa shape index (κ2) is 10.0. The number of halogens is 1. The molecule has 2 aromatic rings. The van der Waals surface area contributed by atoms with Crippen molar-refractivity contribution < 1.29 is 19.2 Å². The first kappa shape index (κ1) is 20.8. The lowest BCUT2D eigenvalue weighted by molar-refractivity contribution is -0.155. The minimum absolute atomic E-state index is 0.222. The van der Waals surface area contributed by atoms with Crippen LogP contribution in [0.1, 0.15) is 24.0 Å². The van der Waals surface area contributed by atoms with Gasteiger partial charge in [0.1, 0.15) is 18.4 Å². The van der Waals surface area contributed by atoms with Crippen molar-refractivity contribution in [3.8, 4) is 11.8 Å². The number of hydroxylamine groups is 2. The lowest BCUT2D eigenvalue weighted by Gasteiger charge is -2.34. The smallest absolute Gasteiger partial charge is 0.340 e. The fraction of sp³-hybridized carbons (Fsp3) is 0.286. The van der Waals surface area contributed by atoms with Crippen LogP contribution in [-0.2, 0) is 16.2 Å². The van der Waals surface area contributed by atoms with Gasteiger partial charge >= 0.3 is 11.3 Å². The first-order valence-electron chi connectivity index (χ1n) is 9.17. The summed E-state index contributed by atoms with van der Waals surface area (Å²) >= 11 is 5.69. The molecule has 1 aliphatic rings. The molecule has 1 aliphatic heterocycles. The summed E-state index contributed by atoms with van der Waals surface area (Å²) in [6.07, 6.45) is 1.00. The van der Waals surface area contributed by atoms with Crippen molar-refractivity contribution in [3.05, 3.63) is 65.7 Å². The van der Waals surface area contributed by atoms with E-state index < -0.39 is 17.4 Å². The predicted molar refractivity (Wildman–Crippen MR) is 106 cm³/mol. The molecule has 2 aromatic carbocycles. The monoisotopic (exact) mass is 413 g/mol. The van der Waals surface area contributed by atoms with Crippen molar-refractivity contribution in [2.75, 3.05) is 6.54 Å². The van der Waals surface area contributed by atoms with E-state index in [0.29, 0.717) is 30.7 Å². The van der Waals surface area contributed by atoms with Gasteiger partial charge in [0.05, 0.1) is 17.7 Å². The Morgan fingerprint density at radius 1 is 1.14 bits per heavy atom. The van der Waals surface area contributed by atoms with Gasteiger partial charge in [-0.3, -0.25) is 9.63 Å². The number of amides is 1. The Morgan fingerprint density at radius 2 is 1.86 bits per heavy atom. The highest BCUT2D eigenvalue weighted by molar-refractivity contribution is 6.62. The highest BCUT2D eigenvalue weighted by Crippen LogP contribution is 2.20. The van der Waals surface area contributed by atoms with Crippen LogP contribution in [0.25, 0.3) is 0 Å². The van der Waals surface area contributed by atoms with Crippen LogP contribution in [0.4, 0.5) is 4.79 Å². The second-order valence-electron chi connectivity index (χ2n) is 6.59. The fourth-order valence-corrected chi connectivity index (χ4v) is 3.23. The number of ether oxygens (including phenoxy) is 1. The Kier molecular flexibility index (Phi) is 7.19. The van der Waals surface area contributed by atoms with E-state index in [9.17, 15) is 9.59 Å². The van der Waals surface area contributed by atoms with E-state index in [1.54, 1.807) is 24.3 Å². The number of piperidine rings is 1. The molecule has 0 saturated carbocycles. The molecule has 0 aliphatic carbocycles. The quantitative estimate of drug-likeness (QED) is 0.256. The molecule has 7 nitrogen and oxygen atoms in total. The zero-order valence-electron chi connectivity index (χ0n) is 15.6. The number of carbonyl (C=O) groups is 2. The summed E-state index contributed by atoms with van der Waals surface area (Å²) in [6, 6.07) is 17.0. The van der Waals surface area contributed by atoms with Crippen LogP contribution in [0, 0.1) is 11.3 Å². The normalized spacial score (nSPS) is 18.5. The van der Waals surface area contributed by atoms with E-state index in [0.717, 1.165) is 10.6 Å². The molecule has 1 saturated heterocycles. The molecule has 1 heterocycles. The van der Waals surface area contributed by atoms with Crippen LogP contribution in [0.5, 0.6) is 5.75 Å². The summed E-state index contributed by atoms with van der Waals surface area (Å²) in [5.74, 6) is -0.0382. The van der Waals surface area contributed by atoms with E-state index in [4.69, 9.17) is 26.4 Å². The SMILES string of the molecule is N#Cc1ccc(OC(=O)[C@@H]2CC[C@@H](N(OCc3ccccc3)C(=O)Cl)CN2)cc1. The van der Waals surface area contributed by atoms with Crippen LogP contribution >= 0.6 is 11.6 Å². The highest BCUT2D eigenvalue weighted by Gasteiger charge is 2.32. The molecule has 1 fully saturated rings. The summed E-state index contributed by atoms with van der Waals surface area (Å²) in [4.78, 5) is 29.8. The summed E-state index contributed by atoms with van der Waals surface area (Å²) < 4.78 is 5.35. The number of carbonyl (C=O) groups excluding carboxylic acids is 2. The van der Waals surface area contributed by atoms with Gasteiger partial charge in [0, 0.05) is 6.54 Å². The minimum Gasteiger partial charge on any atom is -0.425 e. The Balaban J connectivity index is 1.51. The molecule has 0 unspecified atom stereocenters. The van der Waals surface area contributed by atoms with Gasteiger partial charge in [-0.15, -0.1) is 0 Å². The maximum Gasteiger partial charge on any atom is 0.340 e. The van der Waals surface area contributed by atoms with Gasteiger partial charge in [0.2, 0.25) is 0 Å². The molecule has 1 N–H and O–H groups in total. The third kappa shape index (κ3) is 5.78. The van der Waals surface area contributed by atoms with Gasteiger partial charge in [0.15, 0.2) is 0 Å². The number of hydrogen-bond acceptors (Lipinski definition) is 6. The lowest BCUT2D eigenvalue weighted by atomic mass is 10.0. The van der Waals surface area contributed by atoms with Crippen molar-refractivity contribution >= 4 is 22.9 Å². The maximum absolute atomic E-state index is 12.4. The topological polar surface area (TPSA) is 91.7 Å². The van der Waals surface area contributed by atoms with Crippen molar-refractivity contribution in [1.29, 1.82) is 5.26 Å². The molecule has 1 amide bonds. The molecule has 3 rings (SSSR count). The molecule has 0 bridgehead atoms. The molecule has 2 atom stereocenters. The van der Waals surface area contributed by atoms with E-state index in [1.807, 2.05) is 36.4 Å². The second-order valence-corrected chi connectivity index (χ2v) is 6.91. The molecule has 0 aromatic heterocycles. The molecule has 29 heavy (non-hydrogen) atoms. The van der Waals surface area contributed by atoms with Gasteiger partial charge in [-0.05, 0) is 54.3 Å². The summed E-state index contributed by atoms with van der Waals surface area (Å²) in [7, 11) is 0. The Hall–Kier alpha value is -2.92. The van der Waals surface area contributed by atoms with Gasteiger partial charge in [0.25, 0.3) is 0 Å². The molecular weight excluding hydrogens is 394 g/mol. The number of nitriles is 1. The van der Waals surface area contributed by atoms with Crippen molar-refractivity contribution in [1.82, 2.24) is 10.4 Å². The largest absolute Gasteiger partial charge is 0.425 e. The molecule has 0 spiro atoms. The van der Waals surface area contributed by atoms with Crippen LogP contribution in [0.3, 0.4) is 0 Å². The standard InChI is InChI=1S/C21H20ClN3O4/c22-21(27)25(28-14-16-4-2-1-3-5-16)17-8-11-19(24-13-17)20(26)29-18-9-6-15(12-23)7-10-18/h1-7,9-10,17,19,24H,8,11,13-14H2/t17-,19+/m1/s1. The third-order valence-electron chi connectivity index (χ3n) is 4.59. The number of hydrogen-bond donors (Lipinski definition) is 1. The van der Waals surface area contributed by atoms with Crippen LogP contribution in [0.15, 0.2) is 54.6 Å². The van der Waals surface area contributed by atoms with Gasteiger partial charge in [-0.1, -0.05) is 30.3 Å². The van der Waals surface area contributed by atoms with Gasteiger partial charge in [-0.25, -0.2) is 9.86 Å². The highest BCUT2D eigenvalue weighted by atomic mass is 35.5. The first-order valence-corrected chi connectivity index (χ1v) is 9.55. The van der Waals surface area contributed by atoms with Crippen LogP contribution in [-0.4, -0.2) is 35.0 Å². The fourth-order valence-electron chi connectivity index (χ4n) is 3.05. The molecule has 150 valence electrons. The average Bonchev–Trinajstić information content (AvgIpc) is 2.75. The van der Waals surface area contributed by atoms with Crippen LogP contribution in [0.2, 0.25) is 0 Å². The maximum atomic E-state index is 12.4.